The van der Waals surface area contributed by atoms with Crippen LogP contribution in [-0.4, -0.2) is 24.3 Å². The first-order valence-corrected chi connectivity index (χ1v) is 6.84. The molecule has 4 aliphatic rings. The van der Waals surface area contributed by atoms with Crippen molar-refractivity contribution < 1.29 is 9.53 Å². The SMILES string of the molecule is CCNC(=O)O[C@]12CC3CC(C1)[C@@H](N)C(C3)C2. The van der Waals surface area contributed by atoms with Crippen LogP contribution in [-0.2, 0) is 4.74 Å². The third-order valence-corrected chi connectivity index (χ3v) is 4.92. The lowest BCUT2D eigenvalue weighted by atomic mass is 9.52. The van der Waals surface area contributed by atoms with Gasteiger partial charge in [0.15, 0.2) is 0 Å². The Morgan fingerprint density at radius 2 is 2.00 bits per heavy atom. The van der Waals surface area contributed by atoms with Crippen molar-refractivity contribution in [1.82, 2.24) is 5.32 Å². The maximum absolute atomic E-state index is 11.6. The maximum Gasteiger partial charge on any atom is 0.407 e. The topological polar surface area (TPSA) is 64.3 Å². The highest BCUT2D eigenvalue weighted by Gasteiger charge is 2.56. The van der Waals surface area contributed by atoms with Crippen LogP contribution in [0.5, 0.6) is 0 Å². The van der Waals surface area contributed by atoms with E-state index in [4.69, 9.17) is 10.5 Å². The van der Waals surface area contributed by atoms with Crippen LogP contribution in [0.4, 0.5) is 4.79 Å². The van der Waals surface area contributed by atoms with Crippen LogP contribution in [0.25, 0.3) is 0 Å². The molecular formula is C13H22N2O2. The van der Waals surface area contributed by atoms with Crippen LogP contribution in [0.1, 0.15) is 39.0 Å². The highest BCUT2D eigenvalue weighted by molar-refractivity contribution is 5.67. The van der Waals surface area contributed by atoms with Crippen molar-refractivity contribution in [3.63, 3.8) is 0 Å². The molecule has 0 radical (unpaired) electrons. The van der Waals surface area contributed by atoms with E-state index in [-0.39, 0.29) is 11.7 Å². The van der Waals surface area contributed by atoms with Gasteiger partial charge in [0.1, 0.15) is 5.60 Å². The molecule has 1 amide bonds. The van der Waals surface area contributed by atoms with E-state index in [1.165, 1.54) is 12.8 Å². The van der Waals surface area contributed by atoms with Gasteiger partial charge in [0.05, 0.1) is 0 Å². The number of nitrogens with one attached hydrogen (secondary N) is 1. The van der Waals surface area contributed by atoms with Gasteiger partial charge in [0, 0.05) is 12.6 Å². The van der Waals surface area contributed by atoms with Crippen LogP contribution in [0.15, 0.2) is 0 Å². The fourth-order valence-corrected chi connectivity index (χ4v) is 4.49. The summed E-state index contributed by atoms with van der Waals surface area (Å²) in [4.78, 5) is 11.6. The second-order valence-corrected chi connectivity index (χ2v) is 6.15. The highest BCUT2D eigenvalue weighted by Crippen LogP contribution is 2.56. The van der Waals surface area contributed by atoms with Crippen molar-refractivity contribution in [2.24, 2.45) is 23.5 Å². The molecule has 0 aromatic rings. The molecule has 0 heterocycles. The van der Waals surface area contributed by atoms with E-state index in [9.17, 15) is 4.79 Å². The number of alkyl carbamates (subject to hydrolysis) is 1. The molecule has 0 spiro atoms. The third-order valence-electron chi connectivity index (χ3n) is 4.92. The van der Waals surface area contributed by atoms with Gasteiger partial charge >= 0.3 is 6.09 Å². The van der Waals surface area contributed by atoms with Gasteiger partial charge in [-0.25, -0.2) is 4.79 Å². The van der Waals surface area contributed by atoms with Gasteiger partial charge in [-0.05, 0) is 56.8 Å². The van der Waals surface area contributed by atoms with Crippen LogP contribution < -0.4 is 11.1 Å². The molecular weight excluding hydrogens is 216 g/mol. The zero-order valence-electron chi connectivity index (χ0n) is 10.4. The number of hydrogen-bond donors (Lipinski definition) is 2. The number of carbonyl (C=O) groups is 1. The zero-order chi connectivity index (χ0) is 12.0. The monoisotopic (exact) mass is 238 g/mol. The van der Waals surface area contributed by atoms with E-state index in [1.807, 2.05) is 6.92 Å². The molecule has 0 saturated heterocycles. The Labute approximate surface area is 102 Å². The molecule has 17 heavy (non-hydrogen) atoms. The van der Waals surface area contributed by atoms with E-state index in [1.54, 1.807) is 0 Å². The summed E-state index contributed by atoms with van der Waals surface area (Å²) in [7, 11) is 0. The molecule has 0 aromatic heterocycles. The fourth-order valence-electron chi connectivity index (χ4n) is 4.49. The van der Waals surface area contributed by atoms with Crippen LogP contribution in [0.3, 0.4) is 0 Å². The Hall–Kier alpha value is -0.770. The Kier molecular flexibility index (Phi) is 2.58. The molecule has 4 saturated carbocycles. The summed E-state index contributed by atoms with van der Waals surface area (Å²) >= 11 is 0. The number of amides is 1. The van der Waals surface area contributed by atoms with E-state index in [0.29, 0.717) is 24.4 Å². The van der Waals surface area contributed by atoms with Crippen molar-refractivity contribution in [3.05, 3.63) is 0 Å². The second kappa shape index (κ2) is 3.87. The van der Waals surface area contributed by atoms with Crippen molar-refractivity contribution >= 4 is 6.09 Å². The summed E-state index contributed by atoms with van der Waals surface area (Å²) in [6, 6.07) is 0.345. The quantitative estimate of drug-likeness (QED) is 0.768. The van der Waals surface area contributed by atoms with E-state index in [0.717, 1.165) is 25.2 Å². The lowest BCUT2D eigenvalue weighted by molar-refractivity contribution is -0.135. The third kappa shape index (κ3) is 1.82. The van der Waals surface area contributed by atoms with Gasteiger partial charge in [0.2, 0.25) is 0 Å². The van der Waals surface area contributed by atoms with E-state index in [2.05, 4.69) is 5.32 Å². The van der Waals surface area contributed by atoms with Gasteiger partial charge in [-0.3, -0.25) is 0 Å². The average Bonchev–Trinajstić information content (AvgIpc) is 2.24. The summed E-state index contributed by atoms with van der Waals surface area (Å²) in [6.07, 6.45) is 5.28. The molecule has 4 nitrogen and oxygen atoms in total. The Morgan fingerprint density at radius 3 is 2.59 bits per heavy atom. The first kappa shape index (κ1) is 11.3. The molecule has 2 unspecified atom stereocenters. The minimum Gasteiger partial charge on any atom is -0.443 e. The highest BCUT2D eigenvalue weighted by atomic mass is 16.6. The van der Waals surface area contributed by atoms with E-state index >= 15 is 0 Å². The molecule has 4 fully saturated rings. The Morgan fingerprint density at radius 1 is 1.35 bits per heavy atom. The van der Waals surface area contributed by atoms with Crippen molar-refractivity contribution in [2.75, 3.05) is 6.54 Å². The largest absolute Gasteiger partial charge is 0.443 e. The van der Waals surface area contributed by atoms with Gasteiger partial charge in [0.25, 0.3) is 0 Å². The maximum atomic E-state index is 11.6. The van der Waals surface area contributed by atoms with Crippen LogP contribution in [0.2, 0.25) is 0 Å². The predicted octanol–water partition coefficient (Wildman–Crippen LogP) is 1.64. The zero-order valence-corrected chi connectivity index (χ0v) is 10.4. The molecule has 4 rings (SSSR count). The van der Waals surface area contributed by atoms with Crippen molar-refractivity contribution in [2.45, 2.75) is 50.7 Å². The molecule has 0 aliphatic heterocycles. The van der Waals surface area contributed by atoms with Crippen LogP contribution >= 0.6 is 0 Å². The number of nitrogens with two attached hydrogens (primary N) is 1. The number of carbonyl (C=O) groups excluding carboxylic acids is 1. The Bertz CT molecular complexity index is 315. The normalized spacial score (nSPS) is 46.9. The first-order chi connectivity index (χ1) is 8.12. The van der Waals surface area contributed by atoms with Crippen LogP contribution in [0, 0.1) is 17.8 Å². The summed E-state index contributed by atoms with van der Waals surface area (Å²) < 4.78 is 5.73. The molecule has 3 N–H and O–H groups in total. The smallest absolute Gasteiger partial charge is 0.407 e. The van der Waals surface area contributed by atoms with Gasteiger partial charge in [-0.15, -0.1) is 0 Å². The molecule has 2 atom stereocenters. The predicted molar refractivity (Wildman–Crippen MR) is 64.4 cm³/mol. The minimum absolute atomic E-state index is 0.189. The number of rotatable bonds is 2. The van der Waals surface area contributed by atoms with Gasteiger partial charge < -0.3 is 15.8 Å². The minimum atomic E-state index is -0.247. The summed E-state index contributed by atoms with van der Waals surface area (Å²) in [5.41, 5.74) is 6.07. The Balaban J connectivity index is 1.74. The second-order valence-electron chi connectivity index (χ2n) is 6.15. The van der Waals surface area contributed by atoms with Crippen molar-refractivity contribution in [3.8, 4) is 0 Å². The standard InChI is InChI=1S/C13H22N2O2/c1-2-15-12(16)17-13-5-8-3-9(6-13)11(14)10(4-8)7-13/h8-11H,2-7,14H2,1H3,(H,15,16)/t8?,9?,10?,11-,13-. The summed E-state index contributed by atoms with van der Waals surface area (Å²) in [5.74, 6) is 1.90. The lowest BCUT2D eigenvalue weighted by Gasteiger charge is -2.58. The first-order valence-electron chi connectivity index (χ1n) is 6.84. The summed E-state index contributed by atoms with van der Waals surface area (Å²) in [5, 5.41) is 2.74. The van der Waals surface area contributed by atoms with Crippen molar-refractivity contribution in [1.29, 1.82) is 0 Å². The molecule has 96 valence electrons. The van der Waals surface area contributed by atoms with Gasteiger partial charge in [-0.1, -0.05) is 0 Å². The average molecular weight is 238 g/mol. The molecule has 4 heteroatoms. The molecule has 4 aliphatic carbocycles. The number of ether oxygens (including phenoxy) is 1. The molecule has 4 bridgehead atoms. The summed E-state index contributed by atoms with van der Waals surface area (Å²) in [6.45, 7) is 2.54. The van der Waals surface area contributed by atoms with Gasteiger partial charge in [-0.2, -0.15) is 0 Å². The fraction of sp³-hybridized carbons (Fsp3) is 0.923. The van der Waals surface area contributed by atoms with E-state index < -0.39 is 0 Å². The lowest BCUT2D eigenvalue weighted by Crippen LogP contribution is -2.61. The molecule has 0 aromatic carbocycles. The number of hydrogen-bond acceptors (Lipinski definition) is 3.